The van der Waals surface area contributed by atoms with E-state index in [1.165, 1.54) is 0 Å². The van der Waals surface area contributed by atoms with Crippen molar-refractivity contribution in [3.8, 4) is 0 Å². The van der Waals surface area contributed by atoms with Crippen LogP contribution in [0.15, 0.2) is 0 Å². The van der Waals surface area contributed by atoms with Crippen LogP contribution in [0.4, 0.5) is 0 Å². The summed E-state index contributed by atoms with van der Waals surface area (Å²) in [5, 5.41) is 22.5. The maximum absolute atomic E-state index is 9.81. The summed E-state index contributed by atoms with van der Waals surface area (Å²) in [6.07, 6.45) is 3.79. The standard InChI is InChI=1S/C13H27NO3/c1-12(2,3)17-9-11(16)8-14-13(10-15)6-4-5-7-13/h11,14-16H,4-10H2,1-3H3. The van der Waals surface area contributed by atoms with E-state index in [4.69, 9.17) is 4.74 Å². The summed E-state index contributed by atoms with van der Waals surface area (Å²) in [4.78, 5) is 0. The Hall–Kier alpha value is -0.160. The Kier molecular flexibility index (Phi) is 5.38. The van der Waals surface area contributed by atoms with E-state index in [1.54, 1.807) is 0 Å². The minimum Gasteiger partial charge on any atom is -0.394 e. The smallest absolute Gasteiger partial charge is 0.0898 e. The van der Waals surface area contributed by atoms with Crippen LogP contribution in [0.5, 0.6) is 0 Å². The van der Waals surface area contributed by atoms with Crippen molar-refractivity contribution in [3.63, 3.8) is 0 Å². The molecule has 0 saturated heterocycles. The predicted molar refractivity (Wildman–Crippen MR) is 68.0 cm³/mol. The van der Waals surface area contributed by atoms with Gasteiger partial charge in [-0.2, -0.15) is 0 Å². The highest BCUT2D eigenvalue weighted by molar-refractivity contribution is 4.92. The lowest BCUT2D eigenvalue weighted by Gasteiger charge is -2.30. The molecule has 0 bridgehead atoms. The van der Waals surface area contributed by atoms with Crippen LogP contribution in [0.1, 0.15) is 46.5 Å². The fraction of sp³-hybridized carbons (Fsp3) is 1.00. The van der Waals surface area contributed by atoms with Crippen molar-refractivity contribution >= 4 is 0 Å². The predicted octanol–water partition coefficient (Wildman–Crippen LogP) is 1.06. The third-order valence-corrected chi connectivity index (χ3v) is 3.28. The van der Waals surface area contributed by atoms with Crippen LogP contribution >= 0.6 is 0 Å². The number of aliphatic hydroxyl groups excluding tert-OH is 2. The number of ether oxygens (including phenoxy) is 1. The molecule has 4 nitrogen and oxygen atoms in total. The highest BCUT2D eigenvalue weighted by Crippen LogP contribution is 2.28. The van der Waals surface area contributed by atoms with Crippen LogP contribution in [-0.4, -0.2) is 47.2 Å². The molecular weight excluding hydrogens is 218 g/mol. The molecule has 102 valence electrons. The first-order chi connectivity index (χ1) is 7.87. The second-order valence-electron chi connectivity index (χ2n) is 6.10. The molecule has 0 aliphatic heterocycles. The molecule has 0 radical (unpaired) electrons. The maximum atomic E-state index is 9.81. The van der Waals surface area contributed by atoms with Gasteiger partial charge in [0.15, 0.2) is 0 Å². The van der Waals surface area contributed by atoms with Crippen molar-refractivity contribution in [2.24, 2.45) is 0 Å². The molecule has 1 saturated carbocycles. The van der Waals surface area contributed by atoms with Crippen molar-refractivity contribution < 1.29 is 14.9 Å². The fourth-order valence-electron chi connectivity index (χ4n) is 2.18. The van der Waals surface area contributed by atoms with Gasteiger partial charge in [-0.1, -0.05) is 12.8 Å². The van der Waals surface area contributed by atoms with Crippen molar-refractivity contribution in [2.45, 2.75) is 63.7 Å². The molecular formula is C13H27NO3. The topological polar surface area (TPSA) is 61.7 Å². The van der Waals surface area contributed by atoms with E-state index >= 15 is 0 Å². The van der Waals surface area contributed by atoms with Gasteiger partial charge in [0.05, 0.1) is 24.9 Å². The zero-order chi connectivity index (χ0) is 12.9. The molecule has 0 amide bonds. The van der Waals surface area contributed by atoms with E-state index in [9.17, 15) is 10.2 Å². The first kappa shape index (κ1) is 14.9. The summed E-state index contributed by atoms with van der Waals surface area (Å²) in [7, 11) is 0. The van der Waals surface area contributed by atoms with Crippen molar-refractivity contribution in [1.29, 1.82) is 0 Å². The molecule has 4 heteroatoms. The van der Waals surface area contributed by atoms with Crippen LogP contribution in [0.25, 0.3) is 0 Å². The highest BCUT2D eigenvalue weighted by atomic mass is 16.5. The van der Waals surface area contributed by atoms with E-state index in [0.29, 0.717) is 13.2 Å². The number of hydrogen-bond acceptors (Lipinski definition) is 4. The average molecular weight is 245 g/mol. The van der Waals surface area contributed by atoms with E-state index in [1.807, 2.05) is 20.8 Å². The van der Waals surface area contributed by atoms with Gasteiger partial charge in [0.2, 0.25) is 0 Å². The molecule has 0 aromatic rings. The monoisotopic (exact) mass is 245 g/mol. The molecule has 1 aliphatic rings. The van der Waals surface area contributed by atoms with Gasteiger partial charge in [-0.15, -0.1) is 0 Å². The molecule has 0 heterocycles. The van der Waals surface area contributed by atoms with Crippen LogP contribution in [0.2, 0.25) is 0 Å². The second kappa shape index (κ2) is 6.14. The number of hydrogen-bond donors (Lipinski definition) is 3. The van der Waals surface area contributed by atoms with Gasteiger partial charge >= 0.3 is 0 Å². The summed E-state index contributed by atoms with van der Waals surface area (Å²) < 4.78 is 5.52. The van der Waals surface area contributed by atoms with Gasteiger partial charge in [-0.25, -0.2) is 0 Å². The zero-order valence-electron chi connectivity index (χ0n) is 11.3. The van der Waals surface area contributed by atoms with Crippen LogP contribution in [0.3, 0.4) is 0 Å². The Labute approximate surface area is 104 Å². The lowest BCUT2D eigenvalue weighted by atomic mass is 9.99. The molecule has 1 unspecified atom stereocenters. The maximum Gasteiger partial charge on any atom is 0.0898 e. The average Bonchev–Trinajstić information content (AvgIpc) is 2.72. The normalized spacial score (nSPS) is 21.7. The number of β-amino-alcohol motifs (C(OH)–C–C–N with tert-alkyl or cyclic N) is 1. The minimum absolute atomic E-state index is 0.153. The lowest BCUT2D eigenvalue weighted by Crippen LogP contribution is -2.49. The second-order valence-corrected chi connectivity index (χ2v) is 6.10. The molecule has 1 aliphatic carbocycles. The molecule has 0 aromatic carbocycles. The fourth-order valence-corrected chi connectivity index (χ4v) is 2.18. The Bertz CT molecular complexity index is 219. The molecule has 0 spiro atoms. The van der Waals surface area contributed by atoms with Gasteiger partial charge in [0.1, 0.15) is 0 Å². The first-order valence-corrected chi connectivity index (χ1v) is 6.55. The highest BCUT2D eigenvalue weighted by Gasteiger charge is 2.32. The van der Waals surface area contributed by atoms with E-state index < -0.39 is 6.10 Å². The quantitative estimate of drug-likeness (QED) is 0.655. The molecule has 1 fully saturated rings. The molecule has 1 atom stereocenters. The summed E-state index contributed by atoms with van der Waals surface area (Å²) in [6.45, 7) is 6.88. The summed E-state index contributed by atoms with van der Waals surface area (Å²) in [5.74, 6) is 0. The Morgan fingerprint density at radius 1 is 1.29 bits per heavy atom. The largest absolute Gasteiger partial charge is 0.394 e. The van der Waals surface area contributed by atoms with Gasteiger partial charge < -0.3 is 20.3 Å². The SMILES string of the molecule is CC(C)(C)OCC(O)CNC1(CO)CCCC1. The molecule has 17 heavy (non-hydrogen) atoms. The first-order valence-electron chi connectivity index (χ1n) is 6.55. The van der Waals surface area contributed by atoms with Crippen LogP contribution in [-0.2, 0) is 4.74 Å². The van der Waals surface area contributed by atoms with Gasteiger partial charge in [-0.3, -0.25) is 0 Å². The van der Waals surface area contributed by atoms with Crippen LogP contribution < -0.4 is 5.32 Å². The summed E-state index contributed by atoms with van der Waals surface area (Å²) >= 11 is 0. The van der Waals surface area contributed by atoms with Gasteiger partial charge in [0, 0.05) is 12.1 Å². The van der Waals surface area contributed by atoms with E-state index in [-0.39, 0.29) is 17.7 Å². The summed E-state index contributed by atoms with van der Waals surface area (Å²) in [6, 6.07) is 0. The third kappa shape index (κ3) is 5.34. The molecule has 3 N–H and O–H groups in total. The molecule has 1 rings (SSSR count). The van der Waals surface area contributed by atoms with Crippen LogP contribution in [0, 0.1) is 0 Å². The van der Waals surface area contributed by atoms with Crippen molar-refractivity contribution in [1.82, 2.24) is 5.32 Å². The van der Waals surface area contributed by atoms with Crippen molar-refractivity contribution in [3.05, 3.63) is 0 Å². The number of aliphatic hydroxyl groups is 2. The Morgan fingerprint density at radius 3 is 2.35 bits per heavy atom. The number of nitrogens with one attached hydrogen (secondary N) is 1. The van der Waals surface area contributed by atoms with E-state index in [2.05, 4.69) is 5.32 Å². The van der Waals surface area contributed by atoms with E-state index in [0.717, 1.165) is 25.7 Å². The lowest BCUT2D eigenvalue weighted by molar-refractivity contribution is -0.0500. The third-order valence-electron chi connectivity index (χ3n) is 3.28. The minimum atomic E-state index is -0.516. The van der Waals surface area contributed by atoms with Gasteiger partial charge in [-0.05, 0) is 33.6 Å². The molecule has 0 aromatic heterocycles. The Balaban J connectivity index is 2.25. The Morgan fingerprint density at radius 2 is 1.88 bits per heavy atom. The zero-order valence-corrected chi connectivity index (χ0v) is 11.3. The number of rotatable bonds is 6. The van der Waals surface area contributed by atoms with Crippen molar-refractivity contribution in [2.75, 3.05) is 19.8 Å². The summed E-state index contributed by atoms with van der Waals surface area (Å²) in [5.41, 5.74) is -0.383. The van der Waals surface area contributed by atoms with Gasteiger partial charge in [0.25, 0.3) is 0 Å².